The molecule has 2 N–H and O–H groups in total. The van der Waals surface area contributed by atoms with E-state index in [1.54, 1.807) is 6.07 Å². The van der Waals surface area contributed by atoms with Crippen LogP contribution in [0.25, 0.3) is 16.3 Å². The molecule has 0 saturated carbocycles. The van der Waals surface area contributed by atoms with E-state index >= 15 is 0 Å². The summed E-state index contributed by atoms with van der Waals surface area (Å²) in [6.07, 6.45) is 1.38. The maximum absolute atomic E-state index is 13.5. The van der Waals surface area contributed by atoms with Crippen molar-refractivity contribution < 1.29 is 14.6 Å². The van der Waals surface area contributed by atoms with E-state index in [0.717, 1.165) is 34.4 Å². The molecule has 0 spiro atoms. The number of rotatable bonds is 3. The fourth-order valence-corrected chi connectivity index (χ4v) is 5.07. The summed E-state index contributed by atoms with van der Waals surface area (Å²) < 4.78 is 5.61. The second-order valence-corrected chi connectivity index (χ2v) is 9.28. The van der Waals surface area contributed by atoms with Crippen LogP contribution in [0.1, 0.15) is 50.8 Å². The third-order valence-electron chi connectivity index (χ3n) is 6.36. The van der Waals surface area contributed by atoms with Gasteiger partial charge in [0.1, 0.15) is 0 Å². The molecule has 0 saturated heterocycles. The highest BCUT2D eigenvalue weighted by Crippen LogP contribution is 2.52. The van der Waals surface area contributed by atoms with Crippen LogP contribution in [-0.2, 0) is 4.79 Å². The van der Waals surface area contributed by atoms with Gasteiger partial charge in [-0.15, -0.1) is 0 Å². The van der Waals surface area contributed by atoms with Crippen molar-refractivity contribution in [2.75, 3.05) is 11.9 Å². The zero-order valence-corrected chi connectivity index (χ0v) is 18.2. The average Bonchev–Trinajstić information content (AvgIpc) is 2.73. The van der Waals surface area contributed by atoms with Gasteiger partial charge in [-0.2, -0.15) is 0 Å². The van der Waals surface area contributed by atoms with E-state index in [4.69, 9.17) is 4.74 Å². The van der Waals surface area contributed by atoms with Crippen LogP contribution in [0.4, 0.5) is 5.69 Å². The van der Waals surface area contributed by atoms with Crippen molar-refractivity contribution in [1.82, 2.24) is 0 Å². The van der Waals surface area contributed by atoms with Gasteiger partial charge in [-0.05, 0) is 58.9 Å². The Labute approximate surface area is 182 Å². The topological polar surface area (TPSA) is 58.6 Å². The number of carbonyl (C=O) groups is 1. The molecule has 0 unspecified atom stereocenters. The monoisotopic (exact) mass is 413 g/mol. The van der Waals surface area contributed by atoms with Crippen LogP contribution >= 0.6 is 0 Å². The molecule has 4 heteroatoms. The van der Waals surface area contributed by atoms with Crippen molar-refractivity contribution in [2.45, 2.75) is 39.7 Å². The molecule has 4 nitrogen and oxygen atoms in total. The Morgan fingerprint density at radius 3 is 2.71 bits per heavy atom. The summed E-state index contributed by atoms with van der Waals surface area (Å²) in [6, 6.07) is 17.7. The number of hydrogen-bond donors (Lipinski definition) is 2. The molecule has 0 fully saturated rings. The van der Waals surface area contributed by atoms with Crippen molar-refractivity contribution in [2.24, 2.45) is 5.41 Å². The van der Waals surface area contributed by atoms with Crippen LogP contribution < -0.4 is 10.1 Å². The van der Waals surface area contributed by atoms with Gasteiger partial charge in [0.2, 0.25) is 0 Å². The van der Waals surface area contributed by atoms with Crippen LogP contribution in [0.2, 0.25) is 0 Å². The first-order chi connectivity index (χ1) is 14.9. The van der Waals surface area contributed by atoms with Gasteiger partial charge in [0.15, 0.2) is 17.3 Å². The number of benzene rings is 3. The molecule has 0 radical (unpaired) electrons. The standard InChI is InChI=1S/C27H27NO3/c1-4-31-23-13-17(10-12-21(23)29)26-25-19(14-27(2,3)15-22(25)30)24-18-8-6-5-7-16(18)9-11-20(24)28-26/h5-13,26,28-29H,4,14-15H2,1-3H3/t26-/m0/s1. The summed E-state index contributed by atoms with van der Waals surface area (Å²) in [7, 11) is 0. The molecule has 5 rings (SSSR count). The summed E-state index contributed by atoms with van der Waals surface area (Å²) in [5, 5.41) is 16.1. The van der Waals surface area contributed by atoms with E-state index < -0.39 is 0 Å². The van der Waals surface area contributed by atoms with Crippen LogP contribution in [0, 0.1) is 5.41 Å². The molecule has 3 aromatic rings. The SMILES string of the molecule is CCOc1cc([C@@H]2Nc3ccc4ccccc4c3C3=C2C(=O)CC(C)(C)C3)ccc1O. The van der Waals surface area contributed by atoms with Crippen molar-refractivity contribution >= 4 is 27.8 Å². The third kappa shape index (κ3) is 3.27. The number of phenols is 1. The second kappa shape index (κ2) is 7.16. The lowest BCUT2D eigenvalue weighted by molar-refractivity contribution is -0.118. The predicted octanol–water partition coefficient (Wildman–Crippen LogP) is 6.25. The largest absolute Gasteiger partial charge is 0.504 e. The number of ether oxygens (including phenoxy) is 1. The minimum atomic E-state index is -0.271. The zero-order chi connectivity index (χ0) is 21.8. The van der Waals surface area contributed by atoms with Gasteiger partial charge in [-0.1, -0.05) is 50.2 Å². The summed E-state index contributed by atoms with van der Waals surface area (Å²) in [6.45, 7) is 6.69. The van der Waals surface area contributed by atoms with Crippen molar-refractivity contribution in [3.63, 3.8) is 0 Å². The van der Waals surface area contributed by atoms with E-state index in [-0.39, 0.29) is 23.0 Å². The third-order valence-corrected chi connectivity index (χ3v) is 6.36. The van der Waals surface area contributed by atoms with Crippen molar-refractivity contribution in [3.8, 4) is 11.5 Å². The zero-order valence-electron chi connectivity index (χ0n) is 18.2. The van der Waals surface area contributed by atoms with Crippen LogP contribution in [0.15, 0.2) is 60.2 Å². The highest BCUT2D eigenvalue weighted by Gasteiger charge is 2.40. The molecule has 1 aliphatic carbocycles. The first kappa shape index (κ1) is 19.7. The lowest BCUT2D eigenvalue weighted by Crippen LogP contribution is -2.33. The Bertz CT molecular complexity index is 1240. The van der Waals surface area contributed by atoms with Gasteiger partial charge < -0.3 is 15.2 Å². The van der Waals surface area contributed by atoms with Gasteiger partial charge in [0.05, 0.1) is 12.6 Å². The second-order valence-electron chi connectivity index (χ2n) is 9.28. The minimum absolute atomic E-state index is 0.0859. The fraction of sp³-hybridized carbons (Fsp3) is 0.296. The molecular weight excluding hydrogens is 386 g/mol. The van der Waals surface area contributed by atoms with E-state index in [2.05, 4.69) is 49.5 Å². The number of carbonyl (C=O) groups excluding carboxylic acids is 1. The number of anilines is 1. The predicted molar refractivity (Wildman–Crippen MR) is 125 cm³/mol. The molecule has 0 aromatic heterocycles. The van der Waals surface area contributed by atoms with Gasteiger partial charge in [0, 0.05) is 23.2 Å². The highest BCUT2D eigenvalue weighted by molar-refractivity contribution is 6.12. The molecular formula is C27H27NO3. The Morgan fingerprint density at radius 2 is 1.90 bits per heavy atom. The number of fused-ring (bicyclic) bond motifs is 4. The average molecular weight is 414 g/mol. The molecule has 0 amide bonds. The van der Waals surface area contributed by atoms with Crippen LogP contribution in [0.3, 0.4) is 0 Å². The number of nitrogens with one attached hydrogen (secondary N) is 1. The molecule has 1 aliphatic heterocycles. The molecule has 158 valence electrons. The van der Waals surface area contributed by atoms with Crippen LogP contribution in [-0.4, -0.2) is 17.5 Å². The van der Waals surface area contributed by atoms with Crippen LogP contribution in [0.5, 0.6) is 11.5 Å². The Morgan fingerprint density at radius 1 is 1.10 bits per heavy atom. The maximum Gasteiger partial charge on any atom is 0.162 e. The normalized spacial score (nSPS) is 19.6. The lowest BCUT2D eigenvalue weighted by Gasteiger charge is -2.40. The summed E-state index contributed by atoms with van der Waals surface area (Å²) in [4.78, 5) is 13.5. The maximum atomic E-state index is 13.5. The molecule has 1 heterocycles. The highest BCUT2D eigenvalue weighted by atomic mass is 16.5. The number of allylic oxidation sites excluding steroid dienone is 1. The van der Waals surface area contributed by atoms with Crippen molar-refractivity contribution in [3.05, 3.63) is 71.3 Å². The number of Topliss-reactive ketones (excluding diaryl/α,β-unsaturated/α-hetero) is 1. The summed E-state index contributed by atoms with van der Waals surface area (Å²) >= 11 is 0. The smallest absolute Gasteiger partial charge is 0.162 e. The molecule has 2 aliphatic rings. The number of phenolic OH excluding ortho intramolecular Hbond substituents is 1. The lowest BCUT2D eigenvalue weighted by atomic mass is 9.68. The Hall–Kier alpha value is -3.27. The summed E-state index contributed by atoms with van der Waals surface area (Å²) in [5.41, 5.74) is 5.00. The van der Waals surface area contributed by atoms with Gasteiger partial charge >= 0.3 is 0 Å². The summed E-state index contributed by atoms with van der Waals surface area (Å²) in [5.74, 6) is 0.739. The number of ketones is 1. The van der Waals surface area contributed by atoms with E-state index in [9.17, 15) is 9.90 Å². The van der Waals surface area contributed by atoms with E-state index in [1.165, 1.54) is 10.8 Å². The minimum Gasteiger partial charge on any atom is -0.504 e. The number of hydrogen-bond acceptors (Lipinski definition) is 4. The molecule has 31 heavy (non-hydrogen) atoms. The molecule has 0 bridgehead atoms. The Kier molecular flexibility index (Phi) is 4.54. The molecule has 1 atom stereocenters. The Balaban J connectivity index is 1.75. The quantitative estimate of drug-likeness (QED) is 0.532. The van der Waals surface area contributed by atoms with Gasteiger partial charge in [0.25, 0.3) is 0 Å². The van der Waals surface area contributed by atoms with Gasteiger partial charge in [-0.3, -0.25) is 4.79 Å². The fourth-order valence-electron chi connectivity index (χ4n) is 5.07. The van der Waals surface area contributed by atoms with Gasteiger partial charge in [-0.25, -0.2) is 0 Å². The molecule has 3 aromatic carbocycles. The first-order valence-corrected chi connectivity index (χ1v) is 10.9. The number of aromatic hydroxyl groups is 1. The van der Waals surface area contributed by atoms with E-state index in [1.807, 2.05) is 25.1 Å². The first-order valence-electron chi connectivity index (χ1n) is 10.9. The van der Waals surface area contributed by atoms with Crippen molar-refractivity contribution in [1.29, 1.82) is 0 Å². The van der Waals surface area contributed by atoms with E-state index in [0.29, 0.717) is 18.8 Å².